The van der Waals surface area contributed by atoms with Crippen molar-refractivity contribution in [2.45, 2.75) is 33.0 Å². The van der Waals surface area contributed by atoms with Gasteiger partial charge in [0, 0.05) is 18.8 Å². The average Bonchev–Trinajstić information content (AvgIpc) is 3.15. The number of aliphatic hydroxyl groups excluding tert-OH is 2. The van der Waals surface area contributed by atoms with Gasteiger partial charge in [-0.25, -0.2) is 0 Å². The molecule has 1 heterocycles. The van der Waals surface area contributed by atoms with E-state index in [1.807, 2.05) is 36.1 Å². The molecule has 0 saturated carbocycles. The van der Waals surface area contributed by atoms with E-state index in [1.165, 1.54) is 5.56 Å². The fourth-order valence-corrected chi connectivity index (χ4v) is 1.68. The first-order valence-corrected chi connectivity index (χ1v) is 6.74. The predicted molar refractivity (Wildman–Crippen MR) is 77.6 cm³/mol. The molecule has 1 aromatic carbocycles. The van der Waals surface area contributed by atoms with Crippen molar-refractivity contribution in [2.75, 3.05) is 31.2 Å². The van der Waals surface area contributed by atoms with Gasteiger partial charge in [0.25, 0.3) is 0 Å². The topological polar surface area (TPSA) is 56.2 Å². The molecule has 0 radical (unpaired) electrons. The standard InChI is InChI=1S/C13H21NO2.C2H4O/c1-10-4-6-13(7-5-10)14(8-11(2)15)9-12(3)16;1-2-3-1/h4-7,11-12,15-16H,8-9H2,1-3H3;1-2H2. The number of aliphatic hydroxyl groups is 2. The van der Waals surface area contributed by atoms with Crippen molar-refractivity contribution < 1.29 is 14.9 Å². The van der Waals surface area contributed by atoms with Gasteiger partial charge in [0.2, 0.25) is 0 Å². The molecule has 1 fully saturated rings. The van der Waals surface area contributed by atoms with Gasteiger partial charge in [-0.2, -0.15) is 0 Å². The number of ether oxygens (including phenoxy) is 1. The molecule has 4 heteroatoms. The van der Waals surface area contributed by atoms with Gasteiger partial charge < -0.3 is 19.8 Å². The fourth-order valence-electron chi connectivity index (χ4n) is 1.68. The molecule has 2 N–H and O–H groups in total. The summed E-state index contributed by atoms with van der Waals surface area (Å²) < 4.78 is 4.50. The molecule has 0 aliphatic carbocycles. The van der Waals surface area contributed by atoms with Gasteiger partial charge in [0.1, 0.15) is 0 Å². The normalized spacial score (nSPS) is 16.1. The Morgan fingerprint density at radius 2 is 1.47 bits per heavy atom. The molecule has 0 aromatic heterocycles. The predicted octanol–water partition coefficient (Wildman–Crippen LogP) is 1.58. The van der Waals surface area contributed by atoms with Crippen LogP contribution in [-0.4, -0.2) is 48.7 Å². The number of aryl methyl sites for hydroxylation is 1. The molecular weight excluding hydrogens is 242 g/mol. The van der Waals surface area contributed by atoms with Crippen LogP contribution in [0.2, 0.25) is 0 Å². The minimum Gasteiger partial charge on any atom is -0.392 e. The van der Waals surface area contributed by atoms with Crippen molar-refractivity contribution in [2.24, 2.45) is 0 Å². The third kappa shape index (κ3) is 7.82. The van der Waals surface area contributed by atoms with E-state index in [4.69, 9.17) is 0 Å². The van der Waals surface area contributed by atoms with E-state index in [1.54, 1.807) is 13.8 Å². The lowest BCUT2D eigenvalue weighted by molar-refractivity contribution is 0.178. The largest absolute Gasteiger partial charge is 0.392 e. The van der Waals surface area contributed by atoms with Gasteiger partial charge in [0.05, 0.1) is 25.4 Å². The van der Waals surface area contributed by atoms with Gasteiger partial charge in [-0.1, -0.05) is 17.7 Å². The van der Waals surface area contributed by atoms with Crippen LogP contribution in [-0.2, 0) is 4.74 Å². The first-order chi connectivity index (χ1) is 8.99. The van der Waals surface area contributed by atoms with Crippen LogP contribution in [0.25, 0.3) is 0 Å². The first-order valence-electron chi connectivity index (χ1n) is 6.74. The van der Waals surface area contributed by atoms with E-state index in [9.17, 15) is 10.2 Å². The van der Waals surface area contributed by atoms with Crippen LogP contribution in [0, 0.1) is 6.92 Å². The highest BCUT2D eigenvalue weighted by molar-refractivity contribution is 5.47. The van der Waals surface area contributed by atoms with Crippen molar-refractivity contribution in [1.82, 2.24) is 0 Å². The van der Waals surface area contributed by atoms with Crippen LogP contribution < -0.4 is 4.90 Å². The zero-order valence-corrected chi connectivity index (χ0v) is 12.0. The Bertz CT molecular complexity index is 334. The van der Waals surface area contributed by atoms with Crippen molar-refractivity contribution in [3.8, 4) is 0 Å². The van der Waals surface area contributed by atoms with Crippen LogP contribution in [0.3, 0.4) is 0 Å². The van der Waals surface area contributed by atoms with Crippen molar-refractivity contribution in [3.05, 3.63) is 29.8 Å². The zero-order chi connectivity index (χ0) is 14.3. The van der Waals surface area contributed by atoms with Crippen LogP contribution in [0.5, 0.6) is 0 Å². The van der Waals surface area contributed by atoms with Crippen molar-refractivity contribution in [3.63, 3.8) is 0 Å². The molecule has 2 atom stereocenters. The Morgan fingerprint density at radius 3 is 1.79 bits per heavy atom. The van der Waals surface area contributed by atoms with Gasteiger partial charge in [-0.3, -0.25) is 0 Å². The maximum atomic E-state index is 9.43. The molecule has 19 heavy (non-hydrogen) atoms. The summed E-state index contributed by atoms with van der Waals surface area (Å²) >= 11 is 0. The van der Waals surface area contributed by atoms with Crippen molar-refractivity contribution in [1.29, 1.82) is 0 Å². The van der Waals surface area contributed by atoms with Crippen LogP contribution in [0.1, 0.15) is 19.4 Å². The maximum absolute atomic E-state index is 9.43. The molecule has 4 nitrogen and oxygen atoms in total. The maximum Gasteiger partial charge on any atom is 0.0701 e. The van der Waals surface area contributed by atoms with Gasteiger partial charge in [-0.05, 0) is 32.9 Å². The molecular formula is C15H25NO3. The molecule has 1 saturated heterocycles. The van der Waals surface area contributed by atoms with Crippen LogP contribution >= 0.6 is 0 Å². The lowest BCUT2D eigenvalue weighted by Gasteiger charge is -2.27. The van der Waals surface area contributed by atoms with Gasteiger partial charge >= 0.3 is 0 Å². The monoisotopic (exact) mass is 267 g/mol. The summed E-state index contributed by atoms with van der Waals surface area (Å²) in [5, 5.41) is 18.9. The molecule has 0 spiro atoms. The first kappa shape index (κ1) is 16.0. The Hall–Kier alpha value is -1.10. The Balaban J connectivity index is 0.000000524. The van der Waals surface area contributed by atoms with E-state index in [2.05, 4.69) is 4.74 Å². The number of nitrogens with zero attached hydrogens (tertiary/aromatic N) is 1. The SMILES string of the molecule is C1CO1.Cc1ccc(N(CC(C)O)CC(C)O)cc1. The smallest absolute Gasteiger partial charge is 0.0701 e. The lowest BCUT2D eigenvalue weighted by atomic mass is 10.2. The van der Waals surface area contributed by atoms with E-state index in [0.717, 1.165) is 18.9 Å². The quantitative estimate of drug-likeness (QED) is 0.795. The number of hydrogen-bond donors (Lipinski definition) is 2. The average molecular weight is 267 g/mol. The second-order valence-electron chi connectivity index (χ2n) is 5.05. The summed E-state index contributed by atoms with van der Waals surface area (Å²) in [6.07, 6.45) is -0.805. The molecule has 0 bridgehead atoms. The minimum absolute atomic E-state index is 0.403. The number of benzene rings is 1. The Labute approximate surface area is 115 Å². The van der Waals surface area contributed by atoms with Crippen LogP contribution in [0.15, 0.2) is 24.3 Å². The van der Waals surface area contributed by atoms with Gasteiger partial charge in [-0.15, -0.1) is 0 Å². The van der Waals surface area contributed by atoms with Gasteiger partial charge in [0.15, 0.2) is 0 Å². The zero-order valence-electron chi connectivity index (χ0n) is 12.0. The minimum atomic E-state index is -0.403. The number of rotatable bonds is 5. The number of hydrogen-bond acceptors (Lipinski definition) is 4. The second-order valence-corrected chi connectivity index (χ2v) is 5.05. The van der Waals surface area contributed by atoms with E-state index >= 15 is 0 Å². The highest BCUT2D eigenvalue weighted by Crippen LogP contribution is 2.15. The lowest BCUT2D eigenvalue weighted by Crippen LogP contribution is -2.36. The van der Waals surface area contributed by atoms with E-state index in [0.29, 0.717) is 13.1 Å². The van der Waals surface area contributed by atoms with Crippen molar-refractivity contribution >= 4 is 5.69 Å². The number of epoxide rings is 1. The third-order valence-corrected chi connectivity index (χ3v) is 2.57. The summed E-state index contributed by atoms with van der Waals surface area (Å²) in [6.45, 7) is 8.62. The fraction of sp³-hybridized carbons (Fsp3) is 0.600. The molecule has 1 aliphatic rings. The molecule has 108 valence electrons. The van der Waals surface area contributed by atoms with E-state index in [-0.39, 0.29) is 0 Å². The summed E-state index contributed by atoms with van der Waals surface area (Å²) in [5.41, 5.74) is 2.24. The molecule has 1 aromatic rings. The molecule has 0 amide bonds. The molecule has 2 unspecified atom stereocenters. The second kappa shape index (κ2) is 8.15. The molecule has 1 aliphatic heterocycles. The summed E-state index contributed by atoms with van der Waals surface area (Å²) in [4.78, 5) is 1.99. The summed E-state index contributed by atoms with van der Waals surface area (Å²) in [7, 11) is 0. The Morgan fingerprint density at radius 1 is 1.05 bits per heavy atom. The molecule has 2 rings (SSSR count). The summed E-state index contributed by atoms with van der Waals surface area (Å²) in [5.74, 6) is 0. The number of anilines is 1. The third-order valence-electron chi connectivity index (χ3n) is 2.57. The van der Waals surface area contributed by atoms with E-state index < -0.39 is 12.2 Å². The summed E-state index contributed by atoms with van der Waals surface area (Å²) in [6, 6.07) is 8.10. The Kier molecular flexibility index (Phi) is 6.84. The highest BCUT2D eigenvalue weighted by atomic mass is 16.6. The highest BCUT2D eigenvalue weighted by Gasteiger charge is 2.11. The van der Waals surface area contributed by atoms with Crippen LogP contribution in [0.4, 0.5) is 5.69 Å².